The largest absolute Gasteiger partial charge is 0.330 e. The summed E-state index contributed by atoms with van der Waals surface area (Å²) in [4.78, 5) is 5.57. The molecule has 0 radical (unpaired) electrons. The van der Waals surface area contributed by atoms with Gasteiger partial charge in [0, 0.05) is 12.1 Å². The molecule has 1 saturated carbocycles. The van der Waals surface area contributed by atoms with E-state index in [9.17, 15) is 0 Å². The summed E-state index contributed by atoms with van der Waals surface area (Å²) in [5, 5.41) is 0. The van der Waals surface area contributed by atoms with E-state index >= 15 is 0 Å². The zero-order valence-electron chi connectivity index (χ0n) is 13.1. The molecule has 116 valence electrons. The van der Waals surface area contributed by atoms with Crippen molar-refractivity contribution in [3.8, 4) is 0 Å². The van der Waals surface area contributed by atoms with Gasteiger partial charge >= 0.3 is 0 Å². The summed E-state index contributed by atoms with van der Waals surface area (Å²) in [6.07, 6.45) is 12.7. The molecule has 2 unspecified atom stereocenters. The van der Waals surface area contributed by atoms with Gasteiger partial charge in [0.15, 0.2) is 0 Å². The van der Waals surface area contributed by atoms with Gasteiger partial charge in [-0.2, -0.15) is 0 Å². The molecule has 2 heterocycles. The van der Waals surface area contributed by atoms with Crippen molar-refractivity contribution in [1.29, 1.82) is 0 Å². The Hall–Kier alpha value is -0.120. The van der Waals surface area contributed by atoms with Gasteiger partial charge in [-0.3, -0.25) is 4.90 Å². The SMILES string of the molecule is NCC1CCCCC1N1CCC(N2CCCCC2)CC1. The third kappa shape index (κ3) is 3.37. The first kappa shape index (κ1) is 14.8. The first-order valence-corrected chi connectivity index (χ1v) is 9.06. The average Bonchev–Trinajstić information content (AvgIpc) is 2.56. The summed E-state index contributed by atoms with van der Waals surface area (Å²) in [5.74, 6) is 0.773. The van der Waals surface area contributed by atoms with Crippen molar-refractivity contribution >= 4 is 0 Å². The molecule has 2 N–H and O–H groups in total. The van der Waals surface area contributed by atoms with Crippen LogP contribution in [0.15, 0.2) is 0 Å². The fraction of sp³-hybridized carbons (Fsp3) is 1.00. The second kappa shape index (κ2) is 7.24. The highest BCUT2D eigenvalue weighted by Gasteiger charge is 2.33. The van der Waals surface area contributed by atoms with Gasteiger partial charge in [0.25, 0.3) is 0 Å². The molecule has 0 aromatic heterocycles. The molecule has 0 spiro atoms. The molecule has 3 nitrogen and oxygen atoms in total. The molecule has 2 saturated heterocycles. The van der Waals surface area contributed by atoms with E-state index in [2.05, 4.69) is 9.80 Å². The minimum atomic E-state index is 0.773. The number of piperidine rings is 2. The molecule has 3 heteroatoms. The predicted molar refractivity (Wildman–Crippen MR) is 84.8 cm³/mol. The van der Waals surface area contributed by atoms with E-state index in [0.717, 1.165) is 24.5 Å². The summed E-state index contributed by atoms with van der Waals surface area (Å²) in [6.45, 7) is 6.26. The average molecular weight is 279 g/mol. The summed E-state index contributed by atoms with van der Waals surface area (Å²) in [6, 6.07) is 1.68. The highest BCUT2D eigenvalue weighted by Crippen LogP contribution is 2.31. The van der Waals surface area contributed by atoms with Gasteiger partial charge in [-0.05, 0) is 77.2 Å². The van der Waals surface area contributed by atoms with Crippen LogP contribution in [0, 0.1) is 5.92 Å². The number of hydrogen-bond acceptors (Lipinski definition) is 3. The van der Waals surface area contributed by atoms with E-state index in [1.54, 1.807) is 0 Å². The number of likely N-dealkylation sites (tertiary alicyclic amines) is 2. The monoisotopic (exact) mass is 279 g/mol. The smallest absolute Gasteiger partial charge is 0.0136 e. The molecule has 3 rings (SSSR count). The molecular formula is C17H33N3. The minimum absolute atomic E-state index is 0.773. The number of hydrogen-bond donors (Lipinski definition) is 1. The van der Waals surface area contributed by atoms with Crippen molar-refractivity contribution in [1.82, 2.24) is 9.80 Å². The number of nitrogens with two attached hydrogens (primary N) is 1. The van der Waals surface area contributed by atoms with Crippen molar-refractivity contribution < 1.29 is 0 Å². The Balaban J connectivity index is 1.49. The highest BCUT2D eigenvalue weighted by atomic mass is 15.2. The first-order valence-electron chi connectivity index (χ1n) is 9.06. The van der Waals surface area contributed by atoms with Crippen LogP contribution in [0.2, 0.25) is 0 Å². The topological polar surface area (TPSA) is 32.5 Å². The maximum absolute atomic E-state index is 6.01. The van der Waals surface area contributed by atoms with E-state index < -0.39 is 0 Å². The van der Waals surface area contributed by atoms with Crippen molar-refractivity contribution in [3.63, 3.8) is 0 Å². The molecule has 3 aliphatic rings. The normalized spacial score (nSPS) is 35.2. The van der Waals surface area contributed by atoms with Crippen LogP contribution in [0.3, 0.4) is 0 Å². The molecule has 0 aromatic carbocycles. The van der Waals surface area contributed by atoms with Gasteiger partial charge in [0.1, 0.15) is 0 Å². The van der Waals surface area contributed by atoms with Gasteiger partial charge in [-0.25, -0.2) is 0 Å². The van der Waals surface area contributed by atoms with Gasteiger partial charge < -0.3 is 10.6 Å². The zero-order valence-corrected chi connectivity index (χ0v) is 13.1. The van der Waals surface area contributed by atoms with Gasteiger partial charge in [-0.15, -0.1) is 0 Å². The number of rotatable bonds is 3. The fourth-order valence-corrected chi connectivity index (χ4v) is 4.81. The second-order valence-electron chi connectivity index (χ2n) is 7.21. The Morgan fingerprint density at radius 1 is 0.700 bits per heavy atom. The van der Waals surface area contributed by atoms with E-state index in [-0.39, 0.29) is 0 Å². The standard InChI is InChI=1S/C17H33N3/c18-14-15-6-2-3-7-17(15)20-12-8-16(9-13-20)19-10-4-1-5-11-19/h15-17H,1-14,18H2. The Morgan fingerprint density at radius 3 is 2.10 bits per heavy atom. The Bertz CT molecular complexity index is 280. The molecule has 0 bridgehead atoms. The molecule has 0 aromatic rings. The van der Waals surface area contributed by atoms with Gasteiger partial charge in [0.05, 0.1) is 0 Å². The third-order valence-electron chi connectivity index (χ3n) is 6.05. The fourth-order valence-electron chi connectivity index (χ4n) is 4.81. The van der Waals surface area contributed by atoms with Crippen LogP contribution in [0.5, 0.6) is 0 Å². The molecule has 2 atom stereocenters. The predicted octanol–water partition coefficient (Wildman–Crippen LogP) is 2.45. The van der Waals surface area contributed by atoms with E-state index in [1.165, 1.54) is 84.0 Å². The molecule has 3 fully saturated rings. The quantitative estimate of drug-likeness (QED) is 0.861. The molecule has 2 aliphatic heterocycles. The van der Waals surface area contributed by atoms with Crippen molar-refractivity contribution in [2.24, 2.45) is 11.7 Å². The zero-order chi connectivity index (χ0) is 13.8. The summed E-state index contributed by atoms with van der Waals surface area (Å²) >= 11 is 0. The maximum atomic E-state index is 6.01. The van der Waals surface area contributed by atoms with Crippen LogP contribution in [0.25, 0.3) is 0 Å². The van der Waals surface area contributed by atoms with Crippen LogP contribution in [0.1, 0.15) is 57.8 Å². The minimum Gasteiger partial charge on any atom is -0.330 e. The van der Waals surface area contributed by atoms with E-state index in [4.69, 9.17) is 5.73 Å². The lowest BCUT2D eigenvalue weighted by atomic mass is 9.82. The van der Waals surface area contributed by atoms with Crippen LogP contribution in [-0.2, 0) is 0 Å². The summed E-state index contributed by atoms with van der Waals surface area (Å²) < 4.78 is 0. The maximum Gasteiger partial charge on any atom is 0.0136 e. The highest BCUT2D eigenvalue weighted by molar-refractivity contribution is 4.89. The second-order valence-corrected chi connectivity index (χ2v) is 7.21. The van der Waals surface area contributed by atoms with E-state index in [1.807, 2.05) is 0 Å². The van der Waals surface area contributed by atoms with Crippen LogP contribution in [0.4, 0.5) is 0 Å². The third-order valence-corrected chi connectivity index (χ3v) is 6.05. The van der Waals surface area contributed by atoms with Crippen molar-refractivity contribution in [2.75, 3.05) is 32.7 Å². The molecular weight excluding hydrogens is 246 g/mol. The lowest BCUT2D eigenvalue weighted by molar-refractivity contribution is 0.0420. The van der Waals surface area contributed by atoms with Gasteiger partial charge in [-0.1, -0.05) is 19.3 Å². The van der Waals surface area contributed by atoms with Crippen molar-refractivity contribution in [3.05, 3.63) is 0 Å². The van der Waals surface area contributed by atoms with Crippen LogP contribution in [-0.4, -0.2) is 54.6 Å². The molecule has 1 aliphatic carbocycles. The lowest BCUT2D eigenvalue weighted by Crippen LogP contribution is -2.52. The van der Waals surface area contributed by atoms with Gasteiger partial charge in [0.2, 0.25) is 0 Å². The summed E-state index contributed by atoms with van der Waals surface area (Å²) in [5.41, 5.74) is 6.01. The summed E-state index contributed by atoms with van der Waals surface area (Å²) in [7, 11) is 0. The molecule has 0 amide bonds. The first-order chi connectivity index (χ1) is 9.88. The Morgan fingerprint density at radius 2 is 1.40 bits per heavy atom. The molecule has 20 heavy (non-hydrogen) atoms. The Labute approximate surface area is 124 Å². The van der Waals surface area contributed by atoms with Crippen molar-refractivity contribution in [2.45, 2.75) is 69.9 Å². The van der Waals surface area contributed by atoms with E-state index in [0.29, 0.717) is 0 Å². The number of nitrogens with zero attached hydrogens (tertiary/aromatic N) is 2. The Kier molecular flexibility index (Phi) is 5.36. The lowest BCUT2D eigenvalue weighted by Gasteiger charge is -2.45. The van der Waals surface area contributed by atoms with Crippen LogP contribution < -0.4 is 5.73 Å². The van der Waals surface area contributed by atoms with Crippen LogP contribution >= 0.6 is 0 Å².